The van der Waals surface area contributed by atoms with Crippen molar-refractivity contribution in [3.63, 3.8) is 0 Å². The molecule has 0 saturated heterocycles. The highest BCUT2D eigenvalue weighted by atomic mass is 35.5. The van der Waals surface area contributed by atoms with Gasteiger partial charge in [0.05, 0.1) is 10.6 Å². The first-order chi connectivity index (χ1) is 8.59. The lowest BCUT2D eigenvalue weighted by Gasteiger charge is -2.24. The lowest BCUT2D eigenvalue weighted by Crippen LogP contribution is -2.42. The molecule has 0 fully saturated rings. The third kappa shape index (κ3) is 3.92. The van der Waals surface area contributed by atoms with Crippen molar-refractivity contribution in [1.29, 1.82) is 0 Å². The van der Waals surface area contributed by atoms with Gasteiger partial charge in [-0.1, -0.05) is 18.5 Å². The molecule has 1 aromatic rings. The number of benzene rings is 1. The van der Waals surface area contributed by atoms with E-state index in [1.807, 2.05) is 6.92 Å². The Bertz CT molecular complexity index is 596. The molecular weight excluding hydrogens is 290 g/mol. The van der Waals surface area contributed by atoms with E-state index in [2.05, 4.69) is 4.72 Å². The normalized spacial score (nSPS) is 12.4. The fraction of sp³-hybridized carbons (Fsp3) is 0.417. The van der Waals surface area contributed by atoms with Gasteiger partial charge < -0.3 is 5.11 Å². The van der Waals surface area contributed by atoms with Crippen LogP contribution in [0.1, 0.15) is 37.6 Å². The number of rotatable bonds is 5. The molecule has 1 rings (SSSR count). The van der Waals surface area contributed by atoms with E-state index in [4.69, 9.17) is 16.7 Å². The largest absolute Gasteiger partial charge is 0.478 e. The lowest BCUT2D eigenvalue weighted by atomic mass is 10.0. The molecule has 2 N–H and O–H groups in total. The average Bonchev–Trinajstić information content (AvgIpc) is 2.27. The maximum atomic E-state index is 12.2. The molecular formula is C12H16ClNO4S. The topological polar surface area (TPSA) is 83.5 Å². The van der Waals surface area contributed by atoms with Crippen LogP contribution in [0.5, 0.6) is 0 Å². The summed E-state index contributed by atoms with van der Waals surface area (Å²) in [5, 5.41) is 8.88. The number of hydrogen-bond donors (Lipinski definition) is 2. The first-order valence-electron chi connectivity index (χ1n) is 5.66. The Balaban J connectivity index is 3.28. The smallest absolute Gasteiger partial charge is 0.335 e. The van der Waals surface area contributed by atoms with E-state index in [1.165, 1.54) is 12.1 Å². The van der Waals surface area contributed by atoms with E-state index in [0.717, 1.165) is 6.07 Å². The molecule has 0 bridgehead atoms. The molecule has 0 unspecified atom stereocenters. The maximum Gasteiger partial charge on any atom is 0.335 e. The second-order valence-corrected chi connectivity index (χ2v) is 6.85. The van der Waals surface area contributed by atoms with Gasteiger partial charge >= 0.3 is 5.97 Å². The van der Waals surface area contributed by atoms with Crippen LogP contribution < -0.4 is 4.72 Å². The van der Waals surface area contributed by atoms with E-state index in [0.29, 0.717) is 6.42 Å². The summed E-state index contributed by atoms with van der Waals surface area (Å²) >= 11 is 5.85. The number of halogens is 1. The highest BCUT2D eigenvalue weighted by Gasteiger charge is 2.27. The van der Waals surface area contributed by atoms with Gasteiger partial charge in [0.2, 0.25) is 10.0 Å². The quantitative estimate of drug-likeness (QED) is 0.875. The molecule has 0 spiro atoms. The fourth-order valence-electron chi connectivity index (χ4n) is 1.33. The molecule has 0 saturated carbocycles. The zero-order valence-electron chi connectivity index (χ0n) is 10.9. The Kier molecular flexibility index (Phi) is 4.60. The summed E-state index contributed by atoms with van der Waals surface area (Å²) in [5.74, 6) is -1.21. The molecule has 0 aliphatic rings. The number of nitrogens with one attached hydrogen (secondary N) is 1. The predicted octanol–water partition coefficient (Wildman–Crippen LogP) is 2.51. The number of carboxylic acid groups (broad SMARTS) is 1. The Labute approximate surface area is 117 Å². The van der Waals surface area contributed by atoms with Crippen LogP contribution in [0.15, 0.2) is 23.1 Å². The van der Waals surface area contributed by atoms with Crippen LogP contribution in [0.2, 0.25) is 5.02 Å². The van der Waals surface area contributed by atoms with Gasteiger partial charge in [-0.2, -0.15) is 0 Å². The van der Waals surface area contributed by atoms with Crippen molar-refractivity contribution in [2.24, 2.45) is 0 Å². The zero-order valence-corrected chi connectivity index (χ0v) is 12.5. The first kappa shape index (κ1) is 15.9. The number of hydrogen-bond acceptors (Lipinski definition) is 3. The van der Waals surface area contributed by atoms with Crippen LogP contribution in [-0.4, -0.2) is 25.0 Å². The fourth-order valence-corrected chi connectivity index (χ4v) is 3.34. The van der Waals surface area contributed by atoms with Crippen LogP contribution in [0.4, 0.5) is 0 Å². The summed E-state index contributed by atoms with van der Waals surface area (Å²) < 4.78 is 26.9. The second kappa shape index (κ2) is 5.48. The molecule has 106 valence electrons. The molecule has 7 heteroatoms. The molecule has 1 aromatic carbocycles. The summed E-state index contributed by atoms with van der Waals surface area (Å²) in [6.07, 6.45) is 0.586. The monoisotopic (exact) mass is 305 g/mol. The minimum absolute atomic E-state index is 0.00981. The molecule has 0 radical (unpaired) electrons. The number of sulfonamides is 1. The Morgan fingerprint density at radius 2 is 2.00 bits per heavy atom. The zero-order chi connectivity index (χ0) is 14.8. The van der Waals surface area contributed by atoms with E-state index in [1.54, 1.807) is 13.8 Å². The standard InChI is InChI=1S/C12H16ClNO4S/c1-4-12(2,3)14-19(17,18)10-7-8(11(15)16)5-6-9(10)13/h5-7,14H,4H2,1-3H3,(H,15,16). The van der Waals surface area contributed by atoms with E-state index < -0.39 is 21.5 Å². The molecule has 0 heterocycles. The van der Waals surface area contributed by atoms with Crippen molar-refractivity contribution in [1.82, 2.24) is 4.72 Å². The van der Waals surface area contributed by atoms with E-state index >= 15 is 0 Å². The van der Waals surface area contributed by atoms with Crippen LogP contribution >= 0.6 is 11.6 Å². The molecule has 0 amide bonds. The average molecular weight is 306 g/mol. The van der Waals surface area contributed by atoms with Crippen molar-refractivity contribution >= 4 is 27.6 Å². The summed E-state index contributed by atoms with van der Waals surface area (Å²) in [7, 11) is -3.86. The van der Waals surface area contributed by atoms with Crippen molar-refractivity contribution < 1.29 is 18.3 Å². The maximum absolute atomic E-state index is 12.2. The van der Waals surface area contributed by atoms with Crippen molar-refractivity contribution in [2.45, 2.75) is 37.6 Å². The summed E-state index contributed by atoms with van der Waals surface area (Å²) in [4.78, 5) is 10.6. The van der Waals surface area contributed by atoms with Crippen LogP contribution in [-0.2, 0) is 10.0 Å². The Morgan fingerprint density at radius 3 is 2.47 bits per heavy atom. The molecule has 0 aliphatic heterocycles. The van der Waals surface area contributed by atoms with Crippen molar-refractivity contribution in [3.05, 3.63) is 28.8 Å². The highest BCUT2D eigenvalue weighted by molar-refractivity contribution is 7.89. The molecule has 0 atom stereocenters. The van der Waals surface area contributed by atoms with Crippen LogP contribution in [0, 0.1) is 0 Å². The molecule has 0 aliphatic carbocycles. The van der Waals surface area contributed by atoms with Crippen LogP contribution in [0.3, 0.4) is 0 Å². The Hall–Kier alpha value is -1.11. The van der Waals surface area contributed by atoms with Crippen LogP contribution in [0.25, 0.3) is 0 Å². The van der Waals surface area contributed by atoms with Gasteiger partial charge in [-0.25, -0.2) is 17.9 Å². The highest BCUT2D eigenvalue weighted by Crippen LogP contribution is 2.24. The van der Waals surface area contributed by atoms with Crippen molar-refractivity contribution in [2.75, 3.05) is 0 Å². The van der Waals surface area contributed by atoms with Gasteiger partial charge in [0.15, 0.2) is 0 Å². The number of carbonyl (C=O) groups is 1. The van der Waals surface area contributed by atoms with Gasteiger partial charge in [-0.15, -0.1) is 0 Å². The predicted molar refractivity (Wildman–Crippen MR) is 73.1 cm³/mol. The van der Waals surface area contributed by atoms with Crippen molar-refractivity contribution in [3.8, 4) is 0 Å². The van der Waals surface area contributed by atoms with E-state index in [9.17, 15) is 13.2 Å². The summed E-state index contributed by atoms with van der Waals surface area (Å²) in [6.45, 7) is 5.32. The first-order valence-corrected chi connectivity index (χ1v) is 7.52. The summed E-state index contributed by atoms with van der Waals surface area (Å²) in [5.41, 5.74) is -0.763. The van der Waals surface area contributed by atoms with Gasteiger partial charge in [0.25, 0.3) is 0 Å². The molecule has 0 aromatic heterocycles. The SMILES string of the molecule is CCC(C)(C)NS(=O)(=O)c1cc(C(=O)O)ccc1Cl. The number of carboxylic acids is 1. The third-order valence-electron chi connectivity index (χ3n) is 2.76. The van der Waals surface area contributed by atoms with E-state index in [-0.39, 0.29) is 15.5 Å². The number of aromatic carboxylic acids is 1. The second-order valence-electron chi connectivity index (χ2n) is 4.79. The van der Waals surface area contributed by atoms with Gasteiger partial charge in [-0.3, -0.25) is 0 Å². The minimum atomic E-state index is -3.86. The van der Waals surface area contributed by atoms with Gasteiger partial charge in [0, 0.05) is 5.54 Å². The van der Waals surface area contributed by atoms with Gasteiger partial charge in [0.1, 0.15) is 4.90 Å². The van der Waals surface area contributed by atoms with Gasteiger partial charge in [-0.05, 0) is 38.5 Å². The Morgan fingerprint density at radius 1 is 1.42 bits per heavy atom. The molecule has 19 heavy (non-hydrogen) atoms. The molecule has 5 nitrogen and oxygen atoms in total. The minimum Gasteiger partial charge on any atom is -0.478 e. The summed E-state index contributed by atoms with van der Waals surface area (Å²) in [6, 6.07) is 3.58. The lowest BCUT2D eigenvalue weighted by molar-refractivity contribution is 0.0696. The third-order valence-corrected chi connectivity index (χ3v) is 4.94.